The van der Waals surface area contributed by atoms with Gasteiger partial charge in [0, 0.05) is 32.2 Å². The lowest BCUT2D eigenvalue weighted by molar-refractivity contribution is 0.306. The summed E-state index contributed by atoms with van der Waals surface area (Å²) in [7, 11) is -3.27. The smallest absolute Gasteiger partial charge is 0.279 e. The zero-order valence-corrected chi connectivity index (χ0v) is 10.5. The Morgan fingerprint density at radius 3 is 2.73 bits per heavy atom. The molecule has 90 valence electrons. The van der Waals surface area contributed by atoms with E-state index in [1.165, 1.54) is 4.31 Å². The van der Waals surface area contributed by atoms with E-state index in [2.05, 4.69) is 10.0 Å². The maximum atomic E-state index is 11.8. The predicted octanol–water partition coefficient (Wildman–Crippen LogP) is -0.229. The normalized spacial score (nSPS) is 24.7. The third kappa shape index (κ3) is 4.06. The summed E-state index contributed by atoms with van der Waals surface area (Å²) in [6, 6.07) is 0.231. The van der Waals surface area contributed by atoms with Gasteiger partial charge in [-0.3, -0.25) is 0 Å². The summed E-state index contributed by atoms with van der Waals surface area (Å²) in [4.78, 5) is 0. The van der Waals surface area contributed by atoms with Gasteiger partial charge in [0.05, 0.1) is 0 Å². The van der Waals surface area contributed by atoms with Crippen LogP contribution in [0.4, 0.5) is 0 Å². The maximum Gasteiger partial charge on any atom is 0.279 e. The Balaban J connectivity index is 2.52. The number of piperazine rings is 1. The Morgan fingerprint density at radius 1 is 1.53 bits per heavy atom. The van der Waals surface area contributed by atoms with Gasteiger partial charge >= 0.3 is 0 Å². The van der Waals surface area contributed by atoms with E-state index in [1.54, 1.807) is 0 Å². The molecule has 1 fully saturated rings. The molecule has 1 aliphatic heterocycles. The largest absolute Gasteiger partial charge is 0.312 e. The van der Waals surface area contributed by atoms with E-state index in [9.17, 15) is 8.42 Å². The summed E-state index contributed by atoms with van der Waals surface area (Å²) >= 11 is 0. The molecule has 0 amide bonds. The second-order valence-corrected chi connectivity index (χ2v) is 6.22. The van der Waals surface area contributed by atoms with Crippen LogP contribution in [0.2, 0.25) is 0 Å². The third-order valence-corrected chi connectivity index (χ3v) is 3.89. The lowest BCUT2D eigenvalue weighted by Gasteiger charge is -2.31. The Labute approximate surface area is 92.4 Å². The van der Waals surface area contributed by atoms with Crippen LogP contribution in [0.25, 0.3) is 0 Å². The quantitative estimate of drug-likeness (QED) is 0.707. The van der Waals surface area contributed by atoms with Crippen molar-refractivity contribution in [3.8, 4) is 0 Å². The van der Waals surface area contributed by atoms with Crippen molar-refractivity contribution in [3.05, 3.63) is 0 Å². The third-order valence-electron chi connectivity index (χ3n) is 2.35. The Bertz CT molecular complexity index is 290. The van der Waals surface area contributed by atoms with Gasteiger partial charge in [-0.1, -0.05) is 13.8 Å². The number of hydrogen-bond donors (Lipinski definition) is 2. The number of hydrogen-bond acceptors (Lipinski definition) is 3. The number of rotatable bonds is 4. The van der Waals surface area contributed by atoms with Gasteiger partial charge < -0.3 is 5.32 Å². The van der Waals surface area contributed by atoms with E-state index >= 15 is 0 Å². The zero-order valence-electron chi connectivity index (χ0n) is 9.66. The summed E-state index contributed by atoms with van der Waals surface area (Å²) in [6.45, 7) is 8.30. The van der Waals surface area contributed by atoms with E-state index < -0.39 is 10.2 Å². The molecule has 1 heterocycles. The molecule has 1 saturated heterocycles. The van der Waals surface area contributed by atoms with Crippen molar-refractivity contribution in [3.63, 3.8) is 0 Å². The first-order valence-electron chi connectivity index (χ1n) is 5.40. The molecule has 0 aromatic carbocycles. The molecule has 0 saturated carbocycles. The van der Waals surface area contributed by atoms with Crippen molar-refractivity contribution in [1.29, 1.82) is 0 Å². The molecule has 1 atom stereocenters. The molecule has 0 spiro atoms. The Hall–Kier alpha value is -0.170. The predicted molar refractivity (Wildman–Crippen MR) is 60.8 cm³/mol. The molecule has 0 aliphatic carbocycles. The van der Waals surface area contributed by atoms with Crippen molar-refractivity contribution in [2.45, 2.75) is 26.8 Å². The maximum absolute atomic E-state index is 11.8. The second kappa shape index (κ2) is 5.25. The Kier molecular flexibility index (Phi) is 4.51. The highest BCUT2D eigenvalue weighted by Crippen LogP contribution is 2.04. The highest BCUT2D eigenvalue weighted by molar-refractivity contribution is 7.87. The van der Waals surface area contributed by atoms with Gasteiger partial charge in [-0.15, -0.1) is 0 Å². The first-order valence-corrected chi connectivity index (χ1v) is 6.84. The number of nitrogens with one attached hydrogen (secondary N) is 2. The van der Waals surface area contributed by atoms with Crippen LogP contribution < -0.4 is 10.0 Å². The summed E-state index contributed by atoms with van der Waals surface area (Å²) in [5.41, 5.74) is 0. The van der Waals surface area contributed by atoms with Gasteiger partial charge in [0.1, 0.15) is 0 Å². The molecule has 5 nitrogen and oxygen atoms in total. The molecular weight excluding hydrogens is 214 g/mol. The van der Waals surface area contributed by atoms with Crippen LogP contribution >= 0.6 is 0 Å². The first kappa shape index (κ1) is 12.9. The standard InChI is InChI=1S/C9H21N3O2S/c1-8(2)6-11-15(13,14)12-5-4-10-9(3)7-12/h8-11H,4-7H2,1-3H3/t9-/m1/s1. The lowest BCUT2D eigenvalue weighted by atomic mass is 10.2. The zero-order chi connectivity index (χ0) is 11.5. The molecule has 2 N–H and O–H groups in total. The first-order chi connectivity index (χ1) is 6.92. The SMILES string of the molecule is CC(C)CNS(=O)(=O)N1CCN[C@H](C)C1. The van der Waals surface area contributed by atoms with Crippen LogP contribution in [0.5, 0.6) is 0 Å². The summed E-state index contributed by atoms with van der Waals surface area (Å²) < 4.78 is 27.8. The van der Waals surface area contributed by atoms with Gasteiger partial charge in [0.25, 0.3) is 10.2 Å². The van der Waals surface area contributed by atoms with Crippen LogP contribution in [-0.4, -0.2) is 44.9 Å². The Morgan fingerprint density at radius 2 is 2.20 bits per heavy atom. The van der Waals surface area contributed by atoms with Gasteiger partial charge in [-0.25, -0.2) is 4.72 Å². The lowest BCUT2D eigenvalue weighted by Crippen LogP contribution is -2.54. The molecule has 0 radical (unpaired) electrons. The summed E-state index contributed by atoms with van der Waals surface area (Å²) in [5, 5.41) is 3.22. The fourth-order valence-corrected chi connectivity index (χ4v) is 2.96. The van der Waals surface area contributed by atoms with Gasteiger partial charge in [0.2, 0.25) is 0 Å². The fraction of sp³-hybridized carbons (Fsp3) is 1.00. The average molecular weight is 235 g/mol. The molecule has 0 aromatic rings. The van der Waals surface area contributed by atoms with E-state index in [1.807, 2.05) is 20.8 Å². The molecule has 6 heteroatoms. The van der Waals surface area contributed by atoms with Crippen LogP contribution in [0.3, 0.4) is 0 Å². The molecule has 0 bridgehead atoms. The molecule has 1 rings (SSSR count). The molecule has 0 unspecified atom stereocenters. The van der Waals surface area contributed by atoms with Crippen LogP contribution in [0.1, 0.15) is 20.8 Å². The van der Waals surface area contributed by atoms with Crippen LogP contribution in [0, 0.1) is 5.92 Å². The molecule has 1 aliphatic rings. The number of nitrogens with zero attached hydrogens (tertiary/aromatic N) is 1. The van der Waals surface area contributed by atoms with Crippen molar-refractivity contribution in [2.24, 2.45) is 5.92 Å². The topological polar surface area (TPSA) is 61.4 Å². The molecule has 0 aromatic heterocycles. The highest BCUT2D eigenvalue weighted by Gasteiger charge is 2.26. The van der Waals surface area contributed by atoms with Gasteiger partial charge in [0.15, 0.2) is 0 Å². The van der Waals surface area contributed by atoms with E-state index in [4.69, 9.17) is 0 Å². The van der Waals surface area contributed by atoms with E-state index in [0.29, 0.717) is 25.6 Å². The minimum atomic E-state index is -3.27. The van der Waals surface area contributed by atoms with E-state index in [-0.39, 0.29) is 6.04 Å². The van der Waals surface area contributed by atoms with Crippen LogP contribution in [-0.2, 0) is 10.2 Å². The summed E-state index contributed by atoms with van der Waals surface area (Å²) in [6.07, 6.45) is 0. The van der Waals surface area contributed by atoms with Crippen molar-refractivity contribution < 1.29 is 8.42 Å². The fourth-order valence-electron chi connectivity index (χ4n) is 1.48. The van der Waals surface area contributed by atoms with E-state index in [0.717, 1.165) is 6.54 Å². The average Bonchev–Trinajstić information content (AvgIpc) is 2.15. The molecule has 15 heavy (non-hydrogen) atoms. The van der Waals surface area contributed by atoms with Crippen molar-refractivity contribution in [1.82, 2.24) is 14.3 Å². The monoisotopic (exact) mass is 235 g/mol. The summed E-state index contributed by atoms with van der Waals surface area (Å²) in [5.74, 6) is 0.333. The van der Waals surface area contributed by atoms with Gasteiger partial charge in [-0.05, 0) is 12.8 Å². The van der Waals surface area contributed by atoms with Crippen molar-refractivity contribution in [2.75, 3.05) is 26.2 Å². The minimum Gasteiger partial charge on any atom is -0.312 e. The molecular formula is C9H21N3O2S. The van der Waals surface area contributed by atoms with Crippen LogP contribution in [0.15, 0.2) is 0 Å². The minimum absolute atomic E-state index is 0.231. The highest BCUT2D eigenvalue weighted by atomic mass is 32.2. The second-order valence-electron chi connectivity index (χ2n) is 4.46. The van der Waals surface area contributed by atoms with Gasteiger partial charge in [-0.2, -0.15) is 12.7 Å². The van der Waals surface area contributed by atoms with Crippen molar-refractivity contribution >= 4 is 10.2 Å².